The average Bonchev–Trinajstić information content (AvgIpc) is 3.06. The number of hydrogen-bond donors (Lipinski definition) is 2. The summed E-state index contributed by atoms with van der Waals surface area (Å²) in [5.41, 5.74) is 0.812. The molecule has 0 unspecified atom stereocenters. The predicted molar refractivity (Wildman–Crippen MR) is 74.8 cm³/mol. The first-order valence-corrected chi connectivity index (χ1v) is 6.89. The highest BCUT2D eigenvalue weighted by molar-refractivity contribution is 6.08. The van der Waals surface area contributed by atoms with Gasteiger partial charge in [0.1, 0.15) is 11.8 Å². The zero-order valence-electron chi connectivity index (χ0n) is 12.2. The second-order valence-corrected chi connectivity index (χ2v) is 5.32. The van der Waals surface area contributed by atoms with Crippen molar-refractivity contribution in [2.75, 3.05) is 14.2 Å². The van der Waals surface area contributed by atoms with Gasteiger partial charge in [0.25, 0.3) is 0 Å². The number of hydrogen-bond acceptors (Lipinski definition) is 6. The molecule has 0 aromatic heterocycles. The molecule has 2 heterocycles. The number of carbonyl (C=O) groups excluding carboxylic acids is 3. The molecule has 0 spiro atoms. The zero-order chi connectivity index (χ0) is 15.9. The molecular weight excluding hydrogens is 288 g/mol. The van der Waals surface area contributed by atoms with Crippen LogP contribution < -0.4 is 15.4 Å². The average molecular weight is 304 g/mol. The normalized spacial score (nSPS) is 29.9. The Morgan fingerprint density at radius 3 is 2.27 bits per heavy atom. The molecule has 1 aromatic rings. The van der Waals surface area contributed by atoms with Gasteiger partial charge in [0.15, 0.2) is 0 Å². The molecule has 0 bridgehead atoms. The van der Waals surface area contributed by atoms with Crippen LogP contribution in [-0.2, 0) is 19.1 Å². The summed E-state index contributed by atoms with van der Waals surface area (Å²) in [6.07, 6.45) is 0. The van der Waals surface area contributed by atoms with Crippen molar-refractivity contribution in [2.24, 2.45) is 11.8 Å². The standard InChI is InChI=1S/C15H16N2O5/c1-21-8-5-3-7(4-6-8)11-9-10(14(19)17-13(9)18)12(16-11)15(20)22-2/h3-6,9-12,16H,1-2H3,(H,17,18,19)/t9-,10+,11-,12+/m1/s1. The fourth-order valence-electron chi connectivity index (χ4n) is 3.19. The Kier molecular flexibility index (Phi) is 3.58. The van der Waals surface area contributed by atoms with Crippen LogP contribution in [0.15, 0.2) is 24.3 Å². The lowest BCUT2D eigenvalue weighted by atomic mass is 9.86. The number of fused-ring (bicyclic) bond motifs is 1. The highest BCUT2D eigenvalue weighted by Gasteiger charge is 2.58. The van der Waals surface area contributed by atoms with Crippen LogP contribution in [0.25, 0.3) is 0 Å². The molecule has 3 rings (SSSR count). The highest BCUT2D eigenvalue weighted by atomic mass is 16.5. The number of methoxy groups -OCH3 is 2. The van der Waals surface area contributed by atoms with Gasteiger partial charge in [-0.2, -0.15) is 0 Å². The highest BCUT2D eigenvalue weighted by Crippen LogP contribution is 2.41. The number of rotatable bonds is 3. The number of benzene rings is 1. The molecule has 2 fully saturated rings. The maximum absolute atomic E-state index is 12.1. The van der Waals surface area contributed by atoms with Gasteiger partial charge in [-0.15, -0.1) is 0 Å². The third-order valence-corrected chi connectivity index (χ3v) is 4.25. The summed E-state index contributed by atoms with van der Waals surface area (Å²) in [6.45, 7) is 0. The van der Waals surface area contributed by atoms with Crippen molar-refractivity contribution in [1.82, 2.24) is 10.6 Å². The molecule has 2 aliphatic heterocycles. The third kappa shape index (κ3) is 2.14. The largest absolute Gasteiger partial charge is 0.497 e. The lowest BCUT2D eigenvalue weighted by Crippen LogP contribution is -2.42. The van der Waals surface area contributed by atoms with Crippen LogP contribution in [0.4, 0.5) is 0 Å². The molecule has 7 nitrogen and oxygen atoms in total. The number of nitrogens with one attached hydrogen (secondary N) is 2. The zero-order valence-corrected chi connectivity index (χ0v) is 12.2. The Morgan fingerprint density at radius 2 is 1.68 bits per heavy atom. The smallest absolute Gasteiger partial charge is 0.323 e. The predicted octanol–water partition coefficient (Wildman–Crippen LogP) is -0.230. The molecule has 0 aliphatic carbocycles. The quantitative estimate of drug-likeness (QED) is 0.592. The third-order valence-electron chi connectivity index (χ3n) is 4.25. The van der Waals surface area contributed by atoms with Crippen molar-refractivity contribution in [3.63, 3.8) is 0 Å². The number of esters is 1. The van der Waals surface area contributed by atoms with Crippen molar-refractivity contribution in [1.29, 1.82) is 0 Å². The molecular formula is C15H16N2O5. The SMILES string of the molecule is COC(=O)[C@H]1N[C@H](c2ccc(OC)cc2)[C@@H]2C(=O)NC(=O)[C@@H]21. The van der Waals surface area contributed by atoms with Crippen LogP contribution in [0.1, 0.15) is 11.6 Å². The van der Waals surface area contributed by atoms with Crippen LogP contribution in [0.2, 0.25) is 0 Å². The Hall–Kier alpha value is -2.41. The van der Waals surface area contributed by atoms with Gasteiger partial charge in [0, 0.05) is 6.04 Å². The van der Waals surface area contributed by atoms with Crippen LogP contribution in [-0.4, -0.2) is 38.0 Å². The molecule has 4 atom stereocenters. The van der Waals surface area contributed by atoms with E-state index in [1.54, 1.807) is 19.2 Å². The van der Waals surface area contributed by atoms with E-state index in [-0.39, 0.29) is 5.91 Å². The Balaban J connectivity index is 1.95. The van der Waals surface area contributed by atoms with E-state index in [2.05, 4.69) is 10.6 Å². The van der Waals surface area contributed by atoms with Gasteiger partial charge in [-0.3, -0.25) is 25.0 Å². The lowest BCUT2D eigenvalue weighted by Gasteiger charge is -2.17. The molecule has 22 heavy (non-hydrogen) atoms. The number of amides is 2. The van der Waals surface area contributed by atoms with Crippen LogP contribution in [0.5, 0.6) is 5.75 Å². The minimum absolute atomic E-state index is 0.366. The van der Waals surface area contributed by atoms with Gasteiger partial charge >= 0.3 is 5.97 Å². The summed E-state index contributed by atoms with van der Waals surface area (Å²) in [6, 6.07) is 5.91. The lowest BCUT2D eigenvalue weighted by molar-refractivity contribution is -0.145. The maximum atomic E-state index is 12.1. The Bertz CT molecular complexity index is 627. The number of ether oxygens (including phenoxy) is 2. The summed E-state index contributed by atoms with van der Waals surface area (Å²) >= 11 is 0. The maximum Gasteiger partial charge on any atom is 0.323 e. The van der Waals surface area contributed by atoms with E-state index in [0.717, 1.165) is 5.56 Å². The molecule has 116 valence electrons. The van der Waals surface area contributed by atoms with Crippen molar-refractivity contribution >= 4 is 17.8 Å². The molecule has 1 aromatic carbocycles. The number of imide groups is 1. The summed E-state index contributed by atoms with van der Waals surface area (Å²) < 4.78 is 9.84. The van der Waals surface area contributed by atoms with Crippen molar-refractivity contribution < 1.29 is 23.9 Å². The monoisotopic (exact) mass is 304 g/mol. The van der Waals surface area contributed by atoms with Crippen LogP contribution in [0, 0.1) is 11.8 Å². The van der Waals surface area contributed by atoms with E-state index in [4.69, 9.17) is 9.47 Å². The Morgan fingerprint density at radius 1 is 1.05 bits per heavy atom. The van der Waals surface area contributed by atoms with Crippen molar-refractivity contribution in [2.45, 2.75) is 12.1 Å². The molecule has 7 heteroatoms. The fourth-order valence-corrected chi connectivity index (χ4v) is 3.19. The van der Waals surface area contributed by atoms with Crippen molar-refractivity contribution in [3.05, 3.63) is 29.8 Å². The minimum atomic E-state index is -0.825. The van der Waals surface area contributed by atoms with E-state index < -0.39 is 35.8 Å². The molecule has 0 radical (unpaired) electrons. The van der Waals surface area contributed by atoms with Crippen molar-refractivity contribution in [3.8, 4) is 5.75 Å². The summed E-state index contributed by atoms with van der Waals surface area (Å²) in [5, 5.41) is 5.36. The van der Waals surface area contributed by atoms with Gasteiger partial charge in [-0.05, 0) is 17.7 Å². The first-order valence-electron chi connectivity index (χ1n) is 6.89. The molecule has 2 saturated heterocycles. The van der Waals surface area contributed by atoms with Gasteiger partial charge in [0.2, 0.25) is 11.8 Å². The van der Waals surface area contributed by atoms with Crippen LogP contribution in [0.3, 0.4) is 0 Å². The molecule has 2 amide bonds. The summed E-state index contributed by atoms with van der Waals surface area (Å²) in [4.78, 5) is 35.9. The first kappa shape index (κ1) is 14.5. The first-order chi connectivity index (χ1) is 10.6. The fraction of sp³-hybridized carbons (Fsp3) is 0.400. The van der Waals surface area contributed by atoms with Gasteiger partial charge in [0.05, 0.1) is 26.1 Å². The summed E-state index contributed by atoms with van der Waals surface area (Å²) in [7, 11) is 2.82. The summed E-state index contributed by atoms with van der Waals surface area (Å²) in [5.74, 6) is -2.02. The van der Waals surface area contributed by atoms with E-state index in [1.165, 1.54) is 7.11 Å². The van der Waals surface area contributed by atoms with Gasteiger partial charge in [-0.1, -0.05) is 12.1 Å². The molecule has 0 saturated carbocycles. The van der Waals surface area contributed by atoms with Gasteiger partial charge in [-0.25, -0.2) is 0 Å². The minimum Gasteiger partial charge on any atom is -0.497 e. The second kappa shape index (κ2) is 5.42. The number of carbonyl (C=O) groups is 3. The van der Waals surface area contributed by atoms with E-state index >= 15 is 0 Å². The van der Waals surface area contributed by atoms with E-state index in [0.29, 0.717) is 5.75 Å². The van der Waals surface area contributed by atoms with Gasteiger partial charge < -0.3 is 9.47 Å². The van der Waals surface area contributed by atoms with Crippen LogP contribution >= 0.6 is 0 Å². The molecule has 2 aliphatic rings. The van der Waals surface area contributed by atoms with E-state index in [9.17, 15) is 14.4 Å². The second-order valence-electron chi connectivity index (χ2n) is 5.32. The van der Waals surface area contributed by atoms with E-state index in [1.807, 2.05) is 12.1 Å². The topological polar surface area (TPSA) is 93.7 Å². The molecule has 2 N–H and O–H groups in total. The Labute approximate surface area is 127 Å².